The van der Waals surface area contributed by atoms with Gasteiger partial charge in [-0.15, -0.1) is 0 Å². The van der Waals surface area contributed by atoms with Crippen molar-refractivity contribution < 1.29 is 14.2 Å². The highest BCUT2D eigenvalue weighted by atomic mass is 16.7. The summed E-state index contributed by atoms with van der Waals surface area (Å²) in [6.45, 7) is 4.70. The summed E-state index contributed by atoms with van der Waals surface area (Å²) < 4.78 is 16.7. The number of rotatable bonds is 2. The van der Waals surface area contributed by atoms with Gasteiger partial charge >= 0.3 is 0 Å². The molecule has 0 aromatic heterocycles. The van der Waals surface area contributed by atoms with Gasteiger partial charge in [-0.3, -0.25) is 0 Å². The number of hydrogen-bond donors (Lipinski definition) is 0. The Morgan fingerprint density at radius 2 is 1.50 bits per heavy atom. The third-order valence-corrected chi connectivity index (χ3v) is 2.73. The Morgan fingerprint density at radius 1 is 1.00 bits per heavy atom. The highest BCUT2D eigenvalue weighted by Gasteiger charge is 2.47. The van der Waals surface area contributed by atoms with Crippen LogP contribution in [0.1, 0.15) is 26.7 Å². The topological polar surface area (TPSA) is 27.7 Å². The Kier molecular flexibility index (Phi) is 2.35. The van der Waals surface area contributed by atoms with Gasteiger partial charge in [-0.05, 0) is 12.8 Å². The fourth-order valence-electron chi connectivity index (χ4n) is 2.06. The molecule has 2 saturated heterocycles. The van der Waals surface area contributed by atoms with Gasteiger partial charge in [-0.25, -0.2) is 0 Å². The molecule has 70 valence electrons. The lowest BCUT2D eigenvalue weighted by Crippen LogP contribution is -2.29. The first kappa shape index (κ1) is 8.48. The minimum Gasteiger partial charge on any atom is -0.369 e. The van der Waals surface area contributed by atoms with E-state index < -0.39 is 0 Å². The van der Waals surface area contributed by atoms with Crippen molar-refractivity contribution in [3.8, 4) is 0 Å². The fraction of sp³-hybridized carbons (Fsp3) is 1.00. The van der Waals surface area contributed by atoms with Crippen molar-refractivity contribution in [3.63, 3.8) is 0 Å². The molecule has 0 saturated carbocycles. The maximum absolute atomic E-state index is 5.78. The molecule has 0 amide bonds. The van der Waals surface area contributed by atoms with Crippen molar-refractivity contribution in [3.05, 3.63) is 0 Å². The summed E-state index contributed by atoms with van der Waals surface area (Å²) in [5.74, 6) is 0. The summed E-state index contributed by atoms with van der Waals surface area (Å²) >= 11 is 0. The van der Waals surface area contributed by atoms with Gasteiger partial charge in [0.15, 0.2) is 0 Å². The summed E-state index contributed by atoms with van der Waals surface area (Å²) in [5, 5.41) is 0. The van der Waals surface area contributed by atoms with Crippen LogP contribution >= 0.6 is 0 Å². The molecule has 12 heavy (non-hydrogen) atoms. The molecular weight excluding hydrogens is 156 g/mol. The Bertz CT molecular complexity index is 144. The standard InChI is InChI=1S/C9H16O3/c1-3-6-8-9(11-5-10-8)7(4-2)12-6/h6-9H,3-5H2,1-2H3. The predicted octanol–water partition coefficient (Wildman–Crippen LogP) is 1.32. The van der Waals surface area contributed by atoms with E-state index in [0.717, 1.165) is 12.8 Å². The molecule has 0 aliphatic carbocycles. The molecule has 0 radical (unpaired) electrons. The Balaban J connectivity index is 2.05. The van der Waals surface area contributed by atoms with E-state index in [2.05, 4.69) is 13.8 Å². The summed E-state index contributed by atoms with van der Waals surface area (Å²) in [4.78, 5) is 0. The van der Waals surface area contributed by atoms with E-state index >= 15 is 0 Å². The van der Waals surface area contributed by atoms with Crippen LogP contribution in [0.3, 0.4) is 0 Å². The number of hydrogen-bond acceptors (Lipinski definition) is 3. The average molecular weight is 172 g/mol. The molecule has 4 atom stereocenters. The SMILES string of the molecule is CCC1OC(CC)C2OCOC12. The van der Waals surface area contributed by atoms with Crippen molar-refractivity contribution in [2.75, 3.05) is 6.79 Å². The summed E-state index contributed by atoms with van der Waals surface area (Å²) in [6.07, 6.45) is 2.92. The maximum Gasteiger partial charge on any atom is 0.148 e. The smallest absolute Gasteiger partial charge is 0.148 e. The van der Waals surface area contributed by atoms with E-state index in [0.29, 0.717) is 6.79 Å². The van der Waals surface area contributed by atoms with Crippen LogP contribution in [0.25, 0.3) is 0 Å². The highest BCUT2D eigenvalue weighted by molar-refractivity contribution is 4.93. The molecule has 4 unspecified atom stereocenters. The Labute approximate surface area is 73.0 Å². The fourth-order valence-corrected chi connectivity index (χ4v) is 2.06. The van der Waals surface area contributed by atoms with Crippen molar-refractivity contribution in [2.24, 2.45) is 0 Å². The van der Waals surface area contributed by atoms with Gasteiger partial charge in [-0.1, -0.05) is 13.8 Å². The normalized spacial score (nSPS) is 46.5. The summed E-state index contributed by atoms with van der Waals surface area (Å²) in [7, 11) is 0. The zero-order valence-electron chi connectivity index (χ0n) is 7.66. The molecule has 2 heterocycles. The van der Waals surface area contributed by atoms with E-state index in [1.807, 2.05) is 0 Å². The van der Waals surface area contributed by atoms with E-state index in [4.69, 9.17) is 14.2 Å². The van der Waals surface area contributed by atoms with E-state index in [1.54, 1.807) is 0 Å². The van der Waals surface area contributed by atoms with E-state index in [9.17, 15) is 0 Å². The van der Waals surface area contributed by atoms with Crippen LogP contribution in [0.2, 0.25) is 0 Å². The maximum atomic E-state index is 5.78. The lowest BCUT2D eigenvalue weighted by atomic mass is 10.1. The second-order valence-electron chi connectivity index (χ2n) is 3.41. The van der Waals surface area contributed by atoms with Crippen LogP contribution in [0.15, 0.2) is 0 Å². The lowest BCUT2D eigenvalue weighted by Gasteiger charge is -2.13. The zero-order valence-corrected chi connectivity index (χ0v) is 7.66. The number of fused-ring (bicyclic) bond motifs is 1. The highest BCUT2D eigenvalue weighted by Crippen LogP contribution is 2.33. The first-order chi connectivity index (χ1) is 5.86. The van der Waals surface area contributed by atoms with Gasteiger partial charge in [-0.2, -0.15) is 0 Å². The first-order valence-electron chi connectivity index (χ1n) is 4.75. The summed E-state index contributed by atoms with van der Waals surface area (Å²) in [5.41, 5.74) is 0. The molecule has 3 heteroatoms. The average Bonchev–Trinajstić information content (AvgIpc) is 2.63. The molecular formula is C9H16O3. The second-order valence-corrected chi connectivity index (χ2v) is 3.41. The first-order valence-corrected chi connectivity index (χ1v) is 4.75. The van der Waals surface area contributed by atoms with Crippen LogP contribution in [-0.2, 0) is 14.2 Å². The largest absolute Gasteiger partial charge is 0.369 e. The van der Waals surface area contributed by atoms with E-state index in [-0.39, 0.29) is 24.4 Å². The second kappa shape index (κ2) is 3.32. The van der Waals surface area contributed by atoms with E-state index in [1.165, 1.54) is 0 Å². The van der Waals surface area contributed by atoms with Crippen LogP contribution < -0.4 is 0 Å². The lowest BCUT2D eigenvalue weighted by molar-refractivity contribution is -0.0743. The molecule has 0 aromatic carbocycles. The molecule has 0 aromatic rings. The molecule has 0 bridgehead atoms. The van der Waals surface area contributed by atoms with Crippen LogP contribution in [-0.4, -0.2) is 31.2 Å². The minimum absolute atomic E-state index is 0.194. The van der Waals surface area contributed by atoms with Gasteiger partial charge in [0.05, 0.1) is 12.2 Å². The monoisotopic (exact) mass is 172 g/mol. The van der Waals surface area contributed by atoms with Crippen molar-refractivity contribution in [2.45, 2.75) is 51.1 Å². The molecule has 2 rings (SSSR count). The molecule has 2 aliphatic rings. The van der Waals surface area contributed by atoms with Gasteiger partial charge < -0.3 is 14.2 Å². The molecule has 3 nitrogen and oxygen atoms in total. The van der Waals surface area contributed by atoms with Gasteiger partial charge in [0, 0.05) is 0 Å². The summed E-state index contributed by atoms with van der Waals surface area (Å²) in [6, 6.07) is 0. The van der Waals surface area contributed by atoms with Crippen LogP contribution in [0.5, 0.6) is 0 Å². The van der Waals surface area contributed by atoms with Crippen LogP contribution in [0, 0.1) is 0 Å². The quantitative estimate of drug-likeness (QED) is 0.628. The van der Waals surface area contributed by atoms with Gasteiger partial charge in [0.2, 0.25) is 0 Å². The van der Waals surface area contributed by atoms with Crippen molar-refractivity contribution in [1.82, 2.24) is 0 Å². The third-order valence-electron chi connectivity index (χ3n) is 2.73. The van der Waals surface area contributed by atoms with Gasteiger partial charge in [0.25, 0.3) is 0 Å². The molecule has 2 fully saturated rings. The van der Waals surface area contributed by atoms with Crippen LogP contribution in [0.4, 0.5) is 0 Å². The third kappa shape index (κ3) is 1.16. The molecule has 2 aliphatic heterocycles. The molecule has 0 N–H and O–H groups in total. The Hall–Kier alpha value is -0.120. The van der Waals surface area contributed by atoms with Gasteiger partial charge in [0.1, 0.15) is 19.0 Å². The Morgan fingerprint density at radius 3 is 1.92 bits per heavy atom. The minimum atomic E-state index is 0.194. The number of ether oxygens (including phenoxy) is 3. The zero-order chi connectivity index (χ0) is 8.55. The van der Waals surface area contributed by atoms with Crippen molar-refractivity contribution in [1.29, 1.82) is 0 Å². The molecule has 0 spiro atoms. The predicted molar refractivity (Wildman–Crippen MR) is 43.9 cm³/mol. The van der Waals surface area contributed by atoms with Crippen molar-refractivity contribution >= 4 is 0 Å².